The number of methoxy groups -OCH3 is 1. The lowest BCUT2D eigenvalue weighted by Gasteiger charge is -2.14. The van der Waals surface area contributed by atoms with E-state index in [4.69, 9.17) is 74.3 Å². The van der Waals surface area contributed by atoms with Crippen LogP contribution in [0.1, 0.15) is 17.5 Å². The van der Waals surface area contributed by atoms with E-state index in [2.05, 4.69) is 15.0 Å². The molecule has 0 saturated carbocycles. The Kier molecular flexibility index (Phi) is 5.59. The lowest BCUT2D eigenvalue weighted by atomic mass is 10.5. The first-order chi connectivity index (χ1) is 8.14. The van der Waals surface area contributed by atoms with E-state index in [1.807, 2.05) is 0 Å². The van der Waals surface area contributed by atoms with Gasteiger partial charge in [0.1, 0.15) is 0 Å². The largest absolute Gasteiger partial charge is 0.504 e. The van der Waals surface area contributed by atoms with E-state index in [-0.39, 0.29) is 17.5 Å². The average Bonchev–Trinajstić information content (AvgIpc) is 2.23. The van der Waals surface area contributed by atoms with E-state index < -0.39 is 7.59 Å². The Bertz CT molecular complexity index is 421. The summed E-state index contributed by atoms with van der Waals surface area (Å²) >= 11 is 34.1. The van der Waals surface area contributed by atoms with Gasteiger partial charge in [0.05, 0.1) is 13.4 Å². The van der Waals surface area contributed by atoms with Crippen molar-refractivity contribution in [1.82, 2.24) is 15.0 Å². The van der Waals surface area contributed by atoms with Crippen molar-refractivity contribution in [2.45, 2.75) is 7.59 Å². The van der Waals surface area contributed by atoms with Crippen LogP contribution in [-0.4, -0.2) is 22.1 Å². The molecule has 0 atom stereocenters. The number of halogens is 6. The summed E-state index contributed by atoms with van der Waals surface area (Å²) in [6.07, 6.45) is 2.72. The molecule has 4 nitrogen and oxygen atoms in total. The van der Waals surface area contributed by atoms with Crippen LogP contribution in [0.2, 0.25) is 0 Å². The van der Waals surface area contributed by atoms with Crippen molar-refractivity contribution in [2.75, 3.05) is 7.11 Å². The van der Waals surface area contributed by atoms with Crippen molar-refractivity contribution in [3.8, 4) is 0 Å². The molecule has 0 bridgehead atoms. The fraction of sp³-hybridized carbons (Fsp3) is 0.375. The second-order valence-corrected chi connectivity index (χ2v) is 7.44. The van der Waals surface area contributed by atoms with Crippen LogP contribution in [-0.2, 0) is 12.3 Å². The zero-order chi connectivity index (χ0) is 14.0. The fourth-order valence-corrected chi connectivity index (χ4v) is 1.36. The maximum absolute atomic E-state index is 5.68. The minimum atomic E-state index is -1.86. The molecule has 0 aromatic carbocycles. The highest BCUT2D eigenvalue weighted by atomic mass is 35.6. The van der Waals surface area contributed by atoms with Crippen molar-refractivity contribution < 1.29 is 4.74 Å². The van der Waals surface area contributed by atoms with E-state index in [1.165, 1.54) is 19.4 Å². The van der Waals surface area contributed by atoms with Gasteiger partial charge in [-0.3, -0.25) is 0 Å². The number of aromatic nitrogens is 3. The number of hydrogen-bond donors (Lipinski definition) is 0. The molecule has 0 radical (unpaired) electrons. The molecule has 18 heavy (non-hydrogen) atoms. The number of rotatable bonds is 2. The maximum atomic E-state index is 5.68. The molecule has 0 aliphatic rings. The monoisotopic (exact) mass is 369 g/mol. The van der Waals surface area contributed by atoms with Gasteiger partial charge in [-0.25, -0.2) is 15.0 Å². The third-order valence-corrected chi connectivity index (χ3v) is 2.53. The lowest BCUT2D eigenvalue weighted by Crippen LogP contribution is -2.17. The van der Waals surface area contributed by atoms with Crippen molar-refractivity contribution in [1.29, 1.82) is 0 Å². The second kappa shape index (κ2) is 6.16. The molecular formula is C8H5Cl6N3O. The zero-order valence-corrected chi connectivity index (χ0v) is 13.2. The Morgan fingerprint density at radius 1 is 0.889 bits per heavy atom. The van der Waals surface area contributed by atoms with Crippen LogP contribution in [0.4, 0.5) is 0 Å². The van der Waals surface area contributed by atoms with Crippen LogP contribution in [0.3, 0.4) is 0 Å². The first kappa shape index (κ1) is 16.3. The number of alkyl halides is 6. The van der Waals surface area contributed by atoms with Crippen molar-refractivity contribution in [3.63, 3.8) is 0 Å². The van der Waals surface area contributed by atoms with Crippen LogP contribution in [0.25, 0.3) is 6.08 Å². The molecule has 10 heteroatoms. The molecule has 100 valence electrons. The molecule has 0 fully saturated rings. The summed E-state index contributed by atoms with van der Waals surface area (Å²) in [5.41, 5.74) is 0. The highest BCUT2D eigenvalue weighted by Crippen LogP contribution is 2.39. The van der Waals surface area contributed by atoms with Gasteiger partial charge in [-0.05, 0) is 0 Å². The number of hydrogen-bond acceptors (Lipinski definition) is 4. The average molecular weight is 372 g/mol. The van der Waals surface area contributed by atoms with Gasteiger partial charge in [0.25, 0.3) is 0 Å². The van der Waals surface area contributed by atoms with Gasteiger partial charge in [-0.2, -0.15) is 0 Å². The fourth-order valence-electron chi connectivity index (χ4n) is 0.849. The molecular weight excluding hydrogens is 367 g/mol. The van der Waals surface area contributed by atoms with E-state index in [9.17, 15) is 0 Å². The van der Waals surface area contributed by atoms with Crippen LogP contribution in [0.5, 0.6) is 0 Å². The Morgan fingerprint density at radius 3 is 1.67 bits per heavy atom. The third kappa shape index (κ3) is 4.76. The third-order valence-electron chi connectivity index (χ3n) is 1.51. The van der Waals surface area contributed by atoms with E-state index in [1.54, 1.807) is 0 Å². The molecule has 0 spiro atoms. The van der Waals surface area contributed by atoms with E-state index in [0.29, 0.717) is 0 Å². The summed E-state index contributed by atoms with van der Waals surface area (Å²) < 4.78 is 1.00. The van der Waals surface area contributed by atoms with Crippen molar-refractivity contribution >= 4 is 75.7 Å². The summed E-state index contributed by atoms with van der Waals surface area (Å²) in [7, 11) is 1.45. The summed E-state index contributed by atoms with van der Waals surface area (Å²) in [4.78, 5) is 11.6. The summed E-state index contributed by atoms with van der Waals surface area (Å²) in [5, 5.41) is 0. The predicted octanol–water partition coefficient (Wildman–Crippen LogP) is 4.14. The Labute approximate surface area is 133 Å². The Balaban J connectivity index is 3.34. The maximum Gasteiger partial charge on any atom is 0.250 e. The number of ether oxygens (including phenoxy) is 1. The van der Waals surface area contributed by atoms with Gasteiger partial charge in [0.15, 0.2) is 17.5 Å². The van der Waals surface area contributed by atoms with Gasteiger partial charge in [-0.15, -0.1) is 0 Å². The first-order valence-corrected chi connectivity index (χ1v) is 6.51. The molecule has 0 unspecified atom stereocenters. The van der Waals surface area contributed by atoms with Gasteiger partial charge in [0.2, 0.25) is 7.59 Å². The topological polar surface area (TPSA) is 47.9 Å². The van der Waals surface area contributed by atoms with E-state index in [0.717, 1.165) is 0 Å². The zero-order valence-electron chi connectivity index (χ0n) is 8.67. The summed E-state index contributed by atoms with van der Waals surface area (Å²) in [6, 6.07) is 0. The summed E-state index contributed by atoms with van der Waals surface area (Å²) in [6.45, 7) is 0. The Morgan fingerprint density at radius 2 is 1.33 bits per heavy atom. The second-order valence-electron chi connectivity index (χ2n) is 2.87. The van der Waals surface area contributed by atoms with E-state index >= 15 is 0 Å². The SMILES string of the molecule is CO/C=C/c1nc(C(Cl)(Cl)Cl)nc(C(Cl)(Cl)Cl)n1. The van der Waals surface area contributed by atoms with Gasteiger partial charge < -0.3 is 4.74 Å². The van der Waals surface area contributed by atoms with Crippen molar-refractivity contribution in [3.05, 3.63) is 23.7 Å². The highest BCUT2D eigenvalue weighted by molar-refractivity contribution is 6.67. The van der Waals surface area contributed by atoms with Gasteiger partial charge in [-0.1, -0.05) is 69.6 Å². The molecule has 1 aromatic heterocycles. The van der Waals surface area contributed by atoms with Crippen LogP contribution in [0.15, 0.2) is 6.26 Å². The lowest BCUT2D eigenvalue weighted by molar-refractivity contribution is 0.341. The van der Waals surface area contributed by atoms with Gasteiger partial charge in [0, 0.05) is 6.08 Å². The van der Waals surface area contributed by atoms with Crippen LogP contribution >= 0.6 is 69.6 Å². The summed E-state index contributed by atoms with van der Waals surface area (Å²) in [5.74, 6) is -0.173. The minimum Gasteiger partial charge on any atom is -0.504 e. The molecule has 0 amide bonds. The van der Waals surface area contributed by atoms with Crippen LogP contribution < -0.4 is 0 Å². The molecule has 1 rings (SSSR count). The van der Waals surface area contributed by atoms with Crippen molar-refractivity contribution in [2.24, 2.45) is 0 Å². The van der Waals surface area contributed by atoms with Gasteiger partial charge >= 0.3 is 0 Å². The molecule has 0 N–H and O–H groups in total. The first-order valence-electron chi connectivity index (χ1n) is 4.24. The standard InChI is InChI=1S/C8H5Cl6N3O/c1-18-3-2-4-15-5(7(9,10)11)17-6(16-4)8(12,13)14/h2-3H,1H3/b3-2+. The molecule has 0 saturated heterocycles. The quantitative estimate of drug-likeness (QED) is 0.579. The normalized spacial score (nSPS) is 13.1. The minimum absolute atomic E-state index is 0.134. The Hall–Kier alpha value is 0.290. The molecule has 0 aliphatic carbocycles. The van der Waals surface area contributed by atoms with Crippen LogP contribution in [0, 0.1) is 0 Å². The predicted molar refractivity (Wildman–Crippen MR) is 74.3 cm³/mol. The molecule has 1 aromatic rings. The molecule has 0 aliphatic heterocycles. The highest BCUT2D eigenvalue weighted by Gasteiger charge is 2.33. The smallest absolute Gasteiger partial charge is 0.250 e. The molecule has 1 heterocycles. The number of nitrogens with zero attached hydrogens (tertiary/aromatic N) is 3.